The monoisotopic (exact) mass is 398 g/mol. The predicted octanol–water partition coefficient (Wildman–Crippen LogP) is 3.98. The molecule has 8 heteroatoms. The van der Waals surface area contributed by atoms with Gasteiger partial charge >= 0.3 is 5.97 Å². The van der Waals surface area contributed by atoms with Gasteiger partial charge in [-0.25, -0.2) is 4.79 Å². The molecule has 142 valence electrons. The van der Waals surface area contributed by atoms with Crippen LogP contribution in [0.2, 0.25) is 5.02 Å². The third kappa shape index (κ3) is 4.99. The fraction of sp³-hybridized carbons (Fsp3) is 0.0500. The van der Waals surface area contributed by atoms with Crippen molar-refractivity contribution < 1.29 is 23.5 Å². The van der Waals surface area contributed by atoms with Crippen molar-refractivity contribution in [2.45, 2.75) is 0 Å². The van der Waals surface area contributed by atoms with Crippen molar-refractivity contribution >= 4 is 40.8 Å². The summed E-state index contributed by atoms with van der Waals surface area (Å²) >= 11 is 5.85. The zero-order valence-corrected chi connectivity index (χ0v) is 15.2. The van der Waals surface area contributed by atoms with Crippen molar-refractivity contribution in [2.24, 2.45) is 0 Å². The van der Waals surface area contributed by atoms with Crippen molar-refractivity contribution in [3.05, 3.63) is 83.3 Å². The van der Waals surface area contributed by atoms with Gasteiger partial charge in [0.25, 0.3) is 11.8 Å². The van der Waals surface area contributed by atoms with E-state index in [1.165, 1.54) is 18.4 Å². The molecule has 2 N–H and O–H groups in total. The highest BCUT2D eigenvalue weighted by molar-refractivity contribution is 6.30. The molecule has 0 saturated heterocycles. The second-order valence-corrected chi connectivity index (χ2v) is 6.05. The quantitative estimate of drug-likeness (QED) is 0.612. The lowest BCUT2D eigenvalue weighted by Gasteiger charge is -2.10. The van der Waals surface area contributed by atoms with E-state index < -0.39 is 24.4 Å². The maximum absolute atomic E-state index is 12.3. The second kappa shape index (κ2) is 8.88. The molecule has 0 aliphatic heterocycles. The lowest BCUT2D eigenvalue weighted by Crippen LogP contribution is -2.22. The molecule has 1 heterocycles. The molecule has 1 aromatic heterocycles. The van der Waals surface area contributed by atoms with Gasteiger partial charge in [0.15, 0.2) is 12.4 Å². The zero-order chi connectivity index (χ0) is 19.9. The van der Waals surface area contributed by atoms with Crippen LogP contribution in [-0.2, 0) is 9.53 Å². The number of rotatable bonds is 6. The Kier molecular flexibility index (Phi) is 6.08. The van der Waals surface area contributed by atoms with E-state index in [2.05, 4.69) is 10.6 Å². The summed E-state index contributed by atoms with van der Waals surface area (Å²) in [6.45, 7) is -0.494. The minimum absolute atomic E-state index is 0.101. The van der Waals surface area contributed by atoms with E-state index in [1.54, 1.807) is 48.5 Å². The summed E-state index contributed by atoms with van der Waals surface area (Å²) in [4.78, 5) is 36.4. The SMILES string of the molecule is O=C(COC(=O)c1ccccc1NC(=O)c1ccco1)Nc1cccc(Cl)c1. The van der Waals surface area contributed by atoms with Gasteiger partial charge in [-0.3, -0.25) is 9.59 Å². The standard InChI is InChI=1S/C20H15ClN2O5/c21-13-5-3-6-14(11-13)22-18(24)12-28-20(26)15-7-1-2-8-16(15)23-19(25)17-9-4-10-27-17/h1-11H,12H2,(H,22,24)(H,23,25). The Hall–Kier alpha value is -3.58. The first-order chi connectivity index (χ1) is 13.5. The number of anilines is 2. The zero-order valence-electron chi connectivity index (χ0n) is 14.5. The van der Waals surface area contributed by atoms with Gasteiger partial charge in [-0.05, 0) is 42.5 Å². The second-order valence-electron chi connectivity index (χ2n) is 5.61. The van der Waals surface area contributed by atoms with Crippen LogP contribution >= 0.6 is 11.6 Å². The molecule has 2 amide bonds. The number of nitrogens with one attached hydrogen (secondary N) is 2. The maximum Gasteiger partial charge on any atom is 0.340 e. The highest BCUT2D eigenvalue weighted by Crippen LogP contribution is 2.18. The van der Waals surface area contributed by atoms with Gasteiger partial charge in [0, 0.05) is 10.7 Å². The number of carbonyl (C=O) groups excluding carboxylic acids is 3. The Morgan fingerprint density at radius 3 is 2.54 bits per heavy atom. The van der Waals surface area contributed by atoms with Gasteiger partial charge in [-0.2, -0.15) is 0 Å². The Morgan fingerprint density at radius 2 is 1.79 bits per heavy atom. The first-order valence-corrected chi connectivity index (χ1v) is 8.57. The molecule has 0 spiro atoms. The van der Waals surface area contributed by atoms with Gasteiger partial charge < -0.3 is 19.8 Å². The minimum Gasteiger partial charge on any atom is -0.459 e. The minimum atomic E-state index is -0.753. The van der Waals surface area contributed by atoms with Gasteiger partial charge in [0.2, 0.25) is 0 Å². The van der Waals surface area contributed by atoms with Crippen LogP contribution in [0.25, 0.3) is 0 Å². The summed E-state index contributed by atoms with van der Waals surface area (Å²) in [6, 6.07) is 16.0. The lowest BCUT2D eigenvalue weighted by molar-refractivity contribution is -0.119. The molecule has 0 unspecified atom stereocenters. The molecule has 2 aromatic carbocycles. The fourth-order valence-corrected chi connectivity index (χ4v) is 2.52. The average molecular weight is 399 g/mol. The average Bonchev–Trinajstić information content (AvgIpc) is 3.21. The van der Waals surface area contributed by atoms with E-state index in [4.69, 9.17) is 20.8 Å². The van der Waals surface area contributed by atoms with E-state index in [9.17, 15) is 14.4 Å². The van der Waals surface area contributed by atoms with Gasteiger partial charge in [0.1, 0.15) is 0 Å². The molecular formula is C20H15ClN2O5. The van der Waals surface area contributed by atoms with E-state index in [0.717, 1.165) is 0 Å². The Labute approximate surface area is 165 Å². The van der Waals surface area contributed by atoms with Gasteiger partial charge in [-0.1, -0.05) is 29.8 Å². The van der Waals surface area contributed by atoms with Crippen molar-refractivity contribution in [1.29, 1.82) is 0 Å². The number of furan rings is 1. The number of carbonyl (C=O) groups is 3. The molecule has 0 radical (unpaired) electrons. The van der Waals surface area contributed by atoms with Crippen LogP contribution in [0, 0.1) is 0 Å². The largest absolute Gasteiger partial charge is 0.459 e. The van der Waals surface area contributed by atoms with Crippen molar-refractivity contribution in [3.63, 3.8) is 0 Å². The van der Waals surface area contributed by atoms with E-state index >= 15 is 0 Å². The van der Waals surface area contributed by atoms with Crippen molar-refractivity contribution in [1.82, 2.24) is 0 Å². The number of ether oxygens (including phenoxy) is 1. The van der Waals surface area contributed by atoms with E-state index in [-0.39, 0.29) is 17.0 Å². The first kappa shape index (κ1) is 19.2. The van der Waals surface area contributed by atoms with Gasteiger partial charge in [-0.15, -0.1) is 0 Å². The van der Waals surface area contributed by atoms with Crippen LogP contribution < -0.4 is 10.6 Å². The van der Waals surface area contributed by atoms with Crippen LogP contribution in [0.15, 0.2) is 71.3 Å². The third-order valence-corrected chi connectivity index (χ3v) is 3.82. The molecule has 0 saturated carbocycles. The predicted molar refractivity (Wildman–Crippen MR) is 103 cm³/mol. The van der Waals surface area contributed by atoms with E-state index in [1.807, 2.05) is 0 Å². The van der Waals surface area contributed by atoms with Crippen LogP contribution in [0.1, 0.15) is 20.9 Å². The Balaban J connectivity index is 1.61. The summed E-state index contributed by atoms with van der Waals surface area (Å²) < 4.78 is 10.1. The molecule has 28 heavy (non-hydrogen) atoms. The molecule has 0 aliphatic carbocycles. The number of halogens is 1. The molecule has 3 aromatic rings. The molecule has 0 atom stereocenters. The number of hydrogen-bond acceptors (Lipinski definition) is 5. The molecule has 7 nitrogen and oxygen atoms in total. The summed E-state index contributed by atoms with van der Waals surface area (Å²) in [5, 5.41) is 5.62. The highest BCUT2D eigenvalue weighted by Gasteiger charge is 2.17. The van der Waals surface area contributed by atoms with Crippen LogP contribution in [0.4, 0.5) is 11.4 Å². The third-order valence-electron chi connectivity index (χ3n) is 3.58. The first-order valence-electron chi connectivity index (χ1n) is 8.19. The topological polar surface area (TPSA) is 97.6 Å². The summed E-state index contributed by atoms with van der Waals surface area (Å²) in [5.74, 6) is -1.68. The number of para-hydroxylation sites is 1. The molecule has 0 aliphatic rings. The number of amides is 2. The normalized spacial score (nSPS) is 10.2. The van der Waals surface area contributed by atoms with Crippen molar-refractivity contribution in [2.75, 3.05) is 17.2 Å². The summed E-state index contributed by atoms with van der Waals surface area (Å²) in [6.07, 6.45) is 1.37. The fourth-order valence-electron chi connectivity index (χ4n) is 2.33. The smallest absolute Gasteiger partial charge is 0.340 e. The maximum atomic E-state index is 12.3. The lowest BCUT2D eigenvalue weighted by atomic mass is 10.1. The molecule has 3 rings (SSSR count). The van der Waals surface area contributed by atoms with Crippen molar-refractivity contribution in [3.8, 4) is 0 Å². The molecule has 0 fully saturated rings. The highest BCUT2D eigenvalue weighted by atomic mass is 35.5. The van der Waals surface area contributed by atoms with Gasteiger partial charge in [0.05, 0.1) is 17.5 Å². The van der Waals surface area contributed by atoms with Crippen LogP contribution in [-0.4, -0.2) is 24.4 Å². The van der Waals surface area contributed by atoms with E-state index in [0.29, 0.717) is 10.7 Å². The summed E-state index contributed by atoms with van der Waals surface area (Å²) in [5.41, 5.74) is 0.835. The number of hydrogen-bond donors (Lipinski definition) is 2. The van der Waals surface area contributed by atoms with Crippen LogP contribution in [0.5, 0.6) is 0 Å². The summed E-state index contributed by atoms with van der Waals surface area (Å²) in [7, 11) is 0. The number of benzene rings is 2. The Morgan fingerprint density at radius 1 is 0.964 bits per heavy atom. The molecular weight excluding hydrogens is 384 g/mol. The Bertz CT molecular complexity index is 1000. The number of esters is 1. The van der Waals surface area contributed by atoms with Crippen LogP contribution in [0.3, 0.4) is 0 Å². The molecule has 0 bridgehead atoms.